The molecule has 1 heterocycles. The number of benzene rings is 1. The van der Waals surface area contributed by atoms with E-state index in [2.05, 4.69) is 22.2 Å². The van der Waals surface area contributed by atoms with Crippen molar-refractivity contribution in [2.45, 2.75) is 33.6 Å². The molecule has 0 saturated carbocycles. The van der Waals surface area contributed by atoms with Crippen molar-refractivity contribution in [3.63, 3.8) is 0 Å². The highest BCUT2D eigenvalue weighted by atomic mass is 35.5. The molecule has 0 bridgehead atoms. The van der Waals surface area contributed by atoms with Crippen molar-refractivity contribution in [2.24, 2.45) is 0 Å². The Morgan fingerprint density at radius 2 is 2.00 bits per heavy atom. The van der Waals surface area contributed by atoms with Crippen molar-refractivity contribution in [3.8, 4) is 0 Å². The van der Waals surface area contributed by atoms with Gasteiger partial charge in [-0.1, -0.05) is 24.9 Å². The second-order valence-electron chi connectivity index (χ2n) is 5.88. The fourth-order valence-electron chi connectivity index (χ4n) is 2.29. The third kappa shape index (κ3) is 4.68. The van der Waals surface area contributed by atoms with Crippen LogP contribution in [0.25, 0.3) is 0 Å². The molecule has 24 heavy (non-hydrogen) atoms. The highest BCUT2D eigenvalue weighted by Crippen LogP contribution is 2.20. The molecule has 1 aromatic heterocycles. The predicted octanol–water partition coefficient (Wildman–Crippen LogP) is 4.24. The lowest BCUT2D eigenvalue weighted by molar-refractivity contribution is 0.102. The molecule has 1 N–H and O–H groups in total. The Kier molecular flexibility index (Phi) is 6.15. The highest BCUT2D eigenvalue weighted by Gasteiger charge is 2.14. The second-order valence-corrected chi connectivity index (χ2v) is 6.32. The lowest BCUT2D eigenvalue weighted by Gasteiger charge is -2.17. The first-order valence-electron chi connectivity index (χ1n) is 8.05. The fraction of sp³-hybridized carbons (Fsp3) is 0.389. The number of anilines is 2. The first-order chi connectivity index (χ1) is 11.4. The molecule has 2 rings (SSSR count). The van der Waals surface area contributed by atoms with Crippen molar-refractivity contribution >= 4 is 29.1 Å². The molecule has 128 valence electrons. The predicted molar refractivity (Wildman–Crippen MR) is 99.1 cm³/mol. The Morgan fingerprint density at radius 1 is 1.25 bits per heavy atom. The maximum absolute atomic E-state index is 12.5. The third-order valence-electron chi connectivity index (χ3n) is 3.70. The zero-order chi connectivity index (χ0) is 17.7. The van der Waals surface area contributed by atoms with Crippen LogP contribution in [-0.4, -0.2) is 29.5 Å². The molecule has 6 heteroatoms. The summed E-state index contributed by atoms with van der Waals surface area (Å²) < 4.78 is 0. The molecule has 0 radical (unpaired) electrons. The molecule has 0 atom stereocenters. The zero-order valence-electron chi connectivity index (χ0n) is 14.6. The van der Waals surface area contributed by atoms with Gasteiger partial charge in [0.25, 0.3) is 5.91 Å². The topological polar surface area (TPSA) is 58.1 Å². The van der Waals surface area contributed by atoms with Gasteiger partial charge < -0.3 is 10.2 Å². The Bertz CT molecular complexity index is 733. The standard InChI is InChI=1S/C18H23ClN4O/c1-5-6-9-23(4)18-20-13(3)11-16(22-18)17(24)21-15-8-7-14(19)10-12(15)2/h7-8,10-11H,5-6,9H2,1-4H3,(H,21,24). The monoisotopic (exact) mass is 346 g/mol. The van der Waals surface area contributed by atoms with Gasteiger partial charge >= 0.3 is 0 Å². The van der Waals surface area contributed by atoms with Gasteiger partial charge in [0, 0.05) is 30.0 Å². The molecule has 0 aliphatic carbocycles. The van der Waals surface area contributed by atoms with Crippen LogP contribution in [-0.2, 0) is 0 Å². The van der Waals surface area contributed by atoms with E-state index >= 15 is 0 Å². The van der Waals surface area contributed by atoms with Gasteiger partial charge in [0.1, 0.15) is 5.69 Å². The number of rotatable bonds is 6. The molecule has 0 aliphatic heterocycles. The minimum absolute atomic E-state index is 0.254. The molecule has 0 unspecified atom stereocenters. The zero-order valence-corrected chi connectivity index (χ0v) is 15.3. The number of amides is 1. The average Bonchev–Trinajstić information content (AvgIpc) is 2.54. The van der Waals surface area contributed by atoms with E-state index < -0.39 is 0 Å². The molecule has 0 spiro atoms. The Balaban J connectivity index is 2.21. The molecular formula is C18H23ClN4O. The van der Waals surface area contributed by atoms with Gasteiger partial charge in [-0.25, -0.2) is 9.97 Å². The van der Waals surface area contributed by atoms with Crippen LogP contribution in [0.15, 0.2) is 24.3 Å². The Morgan fingerprint density at radius 3 is 2.67 bits per heavy atom. The summed E-state index contributed by atoms with van der Waals surface area (Å²) >= 11 is 5.95. The molecular weight excluding hydrogens is 324 g/mol. The van der Waals surface area contributed by atoms with Gasteiger partial charge in [-0.3, -0.25) is 4.79 Å². The second kappa shape index (κ2) is 8.11. The number of hydrogen-bond donors (Lipinski definition) is 1. The van der Waals surface area contributed by atoms with Crippen LogP contribution in [0.3, 0.4) is 0 Å². The van der Waals surface area contributed by atoms with Gasteiger partial charge in [0.2, 0.25) is 5.95 Å². The first kappa shape index (κ1) is 18.2. The molecule has 2 aromatic rings. The smallest absolute Gasteiger partial charge is 0.274 e. The average molecular weight is 347 g/mol. The van der Waals surface area contributed by atoms with Crippen LogP contribution in [0.4, 0.5) is 11.6 Å². The van der Waals surface area contributed by atoms with E-state index in [0.717, 1.165) is 36.3 Å². The third-order valence-corrected chi connectivity index (χ3v) is 3.94. The summed E-state index contributed by atoms with van der Waals surface area (Å²) in [6, 6.07) is 7.04. The highest BCUT2D eigenvalue weighted by molar-refractivity contribution is 6.30. The van der Waals surface area contributed by atoms with Gasteiger partial charge in [0.05, 0.1) is 0 Å². The van der Waals surface area contributed by atoms with E-state index in [4.69, 9.17) is 11.6 Å². The van der Waals surface area contributed by atoms with Crippen LogP contribution < -0.4 is 10.2 Å². The molecule has 0 aliphatic rings. The van der Waals surface area contributed by atoms with E-state index in [-0.39, 0.29) is 5.91 Å². The number of hydrogen-bond acceptors (Lipinski definition) is 4. The van der Waals surface area contributed by atoms with E-state index in [1.165, 1.54) is 0 Å². The van der Waals surface area contributed by atoms with Crippen molar-refractivity contribution in [3.05, 3.63) is 46.2 Å². The van der Waals surface area contributed by atoms with Gasteiger partial charge in [-0.05, 0) is 50.1 Å². The van der Waals surface area contributed by atoms with Crippen LogP contribution >= 0.6 is 11.6 Å². The number of aromatic nitrogens is 2. The maximum atomic E-state index is 12.5. The van der Waals surface area contributed by atoms with E-state index in [0.29, 0.717) is 16.7 Å². The van der Waals surface area contributed by atoms with E-state index in [1.54, 1.807) is 18.2 Å². The van der Waals surface area contributed by atoms with Gasteiger partial charge in [0.15, 0.2) is 0 Å². The van der Waals surface area contributed by atoms with Crippen LogP contribution in [0.5, 0.6) is 0 Å². The largest absolute Gasteiger partial charge is 0.344 e. The number of carbonyl (C=O) groups excluding carboxylic acids is 1. The van der Waals surface area contributed by atoms with Crippen molar-refractivity contribution in [1.29, 1.82) is 0 Å². The minimum atomic E-state index is -0.254. The summed E-state index contributed by atoms with van der Waals surface area (Å²) in [5.74, 6) is 0.317. The molecule has 5 nitrogen and oxygen atoms in total. The van der Waals surface area contributed by atoms with Crippen molar-refractivity contribution in [1.82, 2.24) is 9.97 Å². The number of halogens is 1. The molecule has 0 saturated heterocycles. The summed E-state index contributed by atoms with van der Waals surface area (Å²) in [6.07, 6.45) is 2.15. The summed E-state index contributed by atoms with van der Waals surface area (Å²) in [5.41, 5.74) is 2.75. The molecule has 1 amide bonds. The summed E-state index contributed by atoms with van der Waals surface area (Å²) in [6.45, 7) is 6.76. The number of nitrogens with one attached hydrogen (secondary N) is 1. The number of carbonyl (C=O) groups is 1. The molecule has 1 aromatic carbocycles. The van der Waals surface area contributed by atoms with Crippen LogP contribution in [0.1, 0.15) is 41.5 Å². The summed E-state index contributed by atoms with van der Waals surface area (Å²) in [5, 5.41) is 3.53. The van der Waals surface area contributed by atoms with Crippen LogP contribution in [0.2, 0.25) is 5.02 Å². The normalized spacial score (nSPS) is 10.5. The van der Waals surface area contributed by atoms with Gasteiger partial charge in [-0.2, -0.15) is 0 Å². The number of aryl methyl sites for hydroxylation is 2. The summed E-state index contributed by atoms with van der Waals surface area (Å²) in [7, 11) is 1.94. The van der Waals surface area contributed by atoms with Crippen LogP contribution in [0, 0.1) is 13.8 Å². The lowest BCUT2D eigenvalue weighted by atomic mass is 10.2. The SMILES string of the molecule is CCCCN(C)c1nc(C)cc(C(=O)Nc2ccc(Cl)cc2C)n1. The van der Waals surface area contributed by atoms with E-state index in [9.17, 15) is 4.79 Å². The van der Waals surface area contributed by atoms with Crippen molar-refractivity contribution < 1.29 is 4.79 Å². The summed E-state index contributed by atoms with van der Waals surface area (Å²) in [4.78, 5) is 23.3. The Labute approximate surface area is 148 Å². The quantitative estimate of drug-likeness (QED) is 0.850. The number of nitrogens with zero attached hydrogens (tertiary/aromatic N) is 3. The fourth-order valence-corrected chi connectivity index (χ4v) is 2.52. The van der Waals surface area contributed by atoms with Crippen molar-refractivity contribution in [2.75, 3.05) is 23.8 Å². The van der Waals surface area contributed by atoms with Gasteiger partial charge in [-0.15, -0.1) is 0 Å². The Hall–Kier alpha value is -2.14. The first-order valence-corrected chi connectivity index (χ1v) is 8.43. The molecule has 0 fully saturated rings. The van der Waals surface area contributed by atoms with E-state index in [1.807, 2.05) is 31.9 Å². The number of unbranched alkanes of at least 4 members (excludes halogenated alkanes) is 1. The lowest BCUT2D eigenvalue weighted by Crippen LogP contribution is -2.23. The maximum Gasteiger partial charge on any atom is 0.274 e. The minimum Gasteiger partial charge on any atom is -0.344 e.